The van der Waals surface area contributed by atoms with E-state index in [1.807, 2.05) is 57.2 Å². The predicted molar refractivity (Wildman–Crippen MR) is 118 cm³/mol. The second-order valence-electron chi connectivity index (χ2n) is 6.75. The first-order valence-electron chi connectivity index (χ1n) is 9.80. The zero-order valence-corrected chi connectivity index (χ0v) is 18.2. The molecule has 160 valence electrons. The molecule has 2 aromatic rings. The van der Waals surface area contributed by atoms with Gasteiger partial charge in [-0.1, -0.05) is 36.3 Å². The molecule has 0 heterocycles. The van der Waals surface area contributed by atoms with Crippen molar-refractivity contribution in [2.24, 2.45) is 5.16 Å². The molecule has 0 aliphatic heterocycles. The number of ether oxygens (including phenoxy) is 3. The van der Waals surface area contributed by atoms with Crippen LogP contribution in [-0.2, 0) is 25.7 Å². The van der Waals surface area contributed by atoms with E-state index < -0.39 is 5.97 Å². The van der Waals surface area contributed by atoms with E-state index in [1.165, 1.54) is 20.5 Å². The first-order chi connectivity index (χ1) is 14.5. The van der Waals surface area contributed by atoms with E-state index in [-0.39, 0.29) is 0 Å². The van der Waals surface area contributed by atoms with Crippen molar-refractivity contribution in [1.29, 1.82) is 0 Å². The monoisotopic (exact) mass is 411 g/mol. The quantitative estimate of drug-likeness (QED) is 0.140. The summed E-state index contributed by atoms with van der Waals surface area (Å²) in [5, 5.41) is 4.00. The minimum atomic E-state index is -0.467. The van der Waals surface area contributed by atoms with Crippen LogP contribution in [-0.4, -0.2) is 33.0 Å². The van der Waals surface area contributed by atoms with Crippen LogP contribution in [0.2, 0.25) is 0 Å². The molecule has 0 saturated heterocycles. The first-order valence-corrected chi connectivity index (χ1v) is 9.80. The molecule has 0 amide bonds. The molecule has 30 heavy (non-hydrogen) atoms. The third-order valence-corrected chi connectivity index (χ3v) is 4.46. The highest BCUT2D eigenvalue weighted by Gasteiger charge is 2.17. The number of benzene rings is 2. The SMILES string of the molecule is CCCON=Cc1cc(C)c(OCc2ccccc2C(=COC)C(=O)OC)cc1C. The summed E-state index contributed by atoms with van der Waals surface area (Å²) in [5.74, 6) is 0.300. The molecular formula is C24H29NO5. The smallest absolute Gasteiger partial charge is 0.341 e. The summed E-state index contributed by atoms with van der Waals surface area (Å²) < 4.78 is 16.0. The van der Waals surface area contributed by atoms with Crippen molar-refractivity contribution in [2.75, 3.05) is 20.8 Å². The van der Waals surface area contributed by atoms with Gasteiger partial charge in [0.2, 0.25) is 0 Å². The Bertz CT molecular complexity index is 918. The van der Waals surface area contributed by atoms with Crippen LogP contribution >= 0.6 is 0 Å². The van der Waals surface area contributed by atoms with Crippen LogP contribution in [0.3, 0.4) is 0 Å². The lowest BCUT2D eigenvalue weighted by Crippen LogP contribution is -2.08. The van der Waals surface area contributed by atoms with Gasteiger partial charge in [-0.15, -0.1) is 0 Å². The summed E-state index contributed by atoms with van der Waals surface area (Å²) in [7, 11) is 2.83. The van der Waals surface area contributed by atoms with Crippen LogP contribution in [0.5, 0.6) is 5.75 Å². The van der Waals surface area contributed by atoms with Gasteiger partial charge in [0, 0.05) is 0 Å². The van der Waals surface area contributed by atoms with Crippen LogP contribution in [0.15, 0.2) is 47.8 Å². The van der Waals surface area contributed by atoms with Gasteiger partial charge in [0.15, 0.2) is 0 Å². The standard InChI is InChI=1S/C24H29NO5/c1-6-11-30-25-14-20-12-18(3)23(13-17(20)2)29-15-19-9-7-8-10-21(19)22(16-27-4)24(26)28-5/h7-10,12-14,16H,6,11,15H2,1-5H3. The first kappa shape index (κ1) is 23.0. The van der Waals surface area contributed by atoms with E-state index in [9.17, 15) is 4.79 Å². The van der Waals surface area contributed by atoms with Crippen molar-refractivity contribution < 1.29 is 23.8 Å². The van der Waals surface area contributed by atoms with Crippen molar-refractivity contribution in [3.63, 3.8) is 0 Å². The van der Waals surface area contributed by atoms with E-state index >= 15 is 0 Å². The molecule has 0 bridgehead atoms. The zero-order valence-electron chi connectivity index (χ0n) is 18.2. The van der Waals surface area contributed by atoms with Gasteiger partial charge in [-0.05, 0) is 60.2 Å². The summed E-state index contributed by atoms with van der Waals surface area (Å²) in [6.07, 6.45) is 4.02. The zero-order chi connectivity index (χ0) is 21.9. The highest BCUT2D eigenvalue weighted by molar-refractivity contribution is 6.16. The van der Waals surface area contributed by atoms with E-state index in [0.717, 1.165) is 34.4 Å². The number of aryl methyl sites for hydroxylation is 2. The molecule has 0 radical (unpaired) electrons. The van der Waals surface area contributed by atoms with Gasteiger partial charge in [0.1, 0.15) is 24.5 Å². The lowest BCUT2D eigenvalue weighted by atomic mass is 10.0. The second-order valence-corrected chi connectivity index (χ2v) is 6.75. The van der Waals surface area contributed by atoms with E-state index in [2.05, 4.69) is 5.16 Å². The Kier molecular flexibility index (Phi) is 8.94. The van der Waals surface area contributed by atoms with E-state index in [0.29, 0.717) is 24.4 Å². The Morgan fingerprint density at radius 3 is 2.57 bits per heavy atom. The average molecular weight is 411 g/mol. The largest absolute Gasteiger partial charge is 0.503 e. The van der Waals surface area contributed by atoms with Gasteiger partial charge in [0.05, 0.1) is 26.7 Å². The van der Waals surface area contributed by atoms with Crippen molar-refractivity contribution in [3.05, 3.63) is 70.5 Å². The number of methoxy groups -OCH3 is 2. The average Bonchev–Trinajstić information content (AvgIpc) is 2.76. The van der Waals surface area contributed by atoms with Gasteiger partial charge in [-0.2, -0.15) is 0 Å². The van der Waals surface area contributed by atoms with Crippen molar-refractivity contribution >= 4 is 17.8 Å². The minimum Gasteiger partial charge on any atom is -0.503 e. The van der Waals surface area contributed by atoms with E-state index in [1.54, 1.807) is 6.21 Å². The Balaban J connectivity index is 2.22. The fraction of sp³-hybridized carbons (Fsp3) is 0.333. The van der Waals surface area contributed by atoms with Crippen LogP contribution < -0.4 is 4.74 Å². The van der Waals surface area contributed by atoms with Gasteiger partial charge >= 0.3 is 5.97 Å². The number of hydrogen-bond acceptors (Lipinski definition) is 6. The van der Waals surface area contributed by atoms with Crippen molar-refractivity contribution in [1.82, 2.24) is 0 Å². The third kappa shape index (κ3) is 6.11. The summed E-state index contributed by atoms with van der Waals surface area (Å²) in [4.78, 5) is 17.3. The molecule has 0 spiro atoms. The molecule has 2 aromatic carbocycles. The summed E-state index contributed by atoms with van der Waals surface area (Å²) in [6.45, 7) is 6.91. The molecule has 6 nitrogen and oxygen atoms in total. The maximum absolute atomic E-state index is 12.2. The number of carbonyl (C=O) groups is 1. The molecule has 0 aromatic heterocycles. The molecule has 0 N–H and O–H groups in total. The summed E-state index contributed by atoms with van der Waals surface area (Å²) >= 11 is 0. The van der Waals surface area contributed by atoms with Crippen LogP contribution in [0, 0.1) is 13.8 Å². The minimum absolute atomic E-state index is 0.293. The van der Waals surface area contributed by atoms with Crippen LogP contribution in [0.4, 0.5) is 0 Å². The Hall–Kier alpha value is -3.28. The fourth-order valence-electron chi connectivity index (χ4n) is 2.86. The Labute approximate surface area is 178 Å². The van der Waals surface area contributed by atoms with Crippen LogP contribution in [0.1, 0.15) is 41.2 Å². The lowest BCUT2D eigenvalue weighted by Gasteiger charge is -2.15. The molecule has 2 rings (SSSR count). The topological polar surface area (TPSA) is 66.3 Å². The summed E-state index contributed by atoms with van der Waals surface area (Å²) in [5.41, 5.74) is 4.88. The maximum atomic E-state index is 12.2. The highest BCUT2D eigenvalue weighted by Crippen LogP contribution is 2.26. The van der Waals surface area contributed by atoms with Crippen molar-refractivity contribution in [2.45, 2.75) is 33.8 Å². The second kappa shape index (κ2) is 11.7. The Morgan fingerprint density at radius 1 is 1.10 bits per heavy atom. The van der Waals surface area contributed by atoms with Crippen LogP contribution in [0.25, 0.3) is 5.57 Å². The Morgan fingerprint density at radius 2 is 1.87 bits per heavy atom. The summed E-state index contributed by atoms with van der Waals surface area (Å²) in [6, 6.07) is 11.5. The number of carbonyl (C=O) groups excluding carboxylic acids is 1. The predicted octanol–water partition coefficient (Wildman–Crippen LogP) is 4.80. The molecule has 0 saturated carbocycles. The molecule has 6 heteroatoms. The van der Waals surface area contributed by atoms with Gasteiger partial charge in [0.25, 0.3) is 0 Å². The van der Waals surface area contributed by atoms with Crippen molar-refractivity contribution in [3.8, 4) is 5.75 Å². The van der Waals surface area contributed by atoms with Gasteiger partial charge in [-0.3, -0.25) is 0 Å². The number of rotatable bonds is 10. The molecule has 0 aliphatic carbocycles. The number of esters is 1. The molecule has 0 unspecified atom stereocenters. The third-order valence-electron chi connectivity index (χ3n) is 4.46. The number of hydrogen-bond donors (Lipinski definition) is 0. The lowest BCUT2D eigenvalue weighted by molar-refractivity contribution is -0.133. The molecule has 0 aliphatic rings. The van der Waals surface area contributed by atoms with Gasteiger partial charge < -0.3 is 19.0 Å². The van der Waals surface area contributed by atoms with Gasteiger partial charge in [-0.25, -0.2) is 4.79 Å². The highest BCUT2D eigenvalue weighted by atomic mass is 16.6. The normalized spacial score (nSPS) is 11.4. The van der Waals surface area contributed by atoms with E-state index in [4.69, 9.17) is 19.0 Å². The number of nitrogens with zero attached hydrogens (tertiary/aromatic N) is 1. The molecule has 0 atom stereocenters. The fourth-order valence-corrected chi connectivity index (χ4v) is 2.86. The number of oxime groups is 1. The molecule has 0 fully saturated rings. The maximum Gasteiger partial charge on any atom is 0.341 e. The molecular weight excluding hydrogens is 382 g/mol.